The highest BCUT2D eigenvalue weighted by Gasteiger charge is 2.24. The first kappa shape index (κ1) is 17.7. The van der Waals surface area contributed by atoms with Crippen LogP contribution in [0.1, 0.15) is 56.8 Å². The van der Waals surface area contributed by atoms with E-state index in [4.69, 9.17) is 9.72 Å². The molecule has 0 saturated carbocycles. The number of hydrogen-bond acceptors (Lipinski definition) is 5. The second kappa shape index (κ2) is 7.53. The van der Waals surface area contributed by atoms with Crippen LogP contribution in [0.4, 0.5) is 5.82 Å². The lowest BCUT2D eigenvalue weighted by Crippen LogP contribution is -2.42. The number of aryl methyl sites for hydroxylation is 1. The maximum atomic E-state index is 5.79. The molecule has 2 aliphatic rings. The maximum Gasteiger partial charge on any atom is 0.157 e. The predicted molar refractivity (Wildman–Crippen MR) is 104 cm³/mol. The van der Waals surface area contributed by atoms with Gasteiger partial charge in [-0.05, 0) is 38.5 Å². The summed E-state index contributed by atoms with van der Waals surface area (Å²) in [5.74, 6) is 1.48. The van der Waals surface area contributed by atoms with Gasteiger partial charge in [-0.3, -0.25) is 0 Å². The van der Waals surface area contributed by atoms with E-state index in [0.717, 1.165) is 61.9 Å². The molecule has 0 spiro atoms. The molecule has 2 aliphatic heterocycles. The molecule has 1 atom stereocenters. The minimum absolute atomic E-state index is 0.406. The van der Waals surface area contributed by atoms with Crippen molar-refractivity contribution in [2.45, 2.75) is 64.5 Å². The highest BCUT2D eigenvalue weighted by molar-refractivity contribution is 5.51. The zero-order valence-electron chi connectivity index (χ0n) is 16.2. The smallest absolute Gasteiger partial charge is 0.157 e. The molecule has 0 bridgehead atoms. The largest absolute Gasteiger partial charge is 0.377 e. The van der Waals surface area contributed by atoms with Crippen LogP contribution in [0.5, 0.6) is 0 Å². The molecular weight excluding hydrogens is 326 g/mol. The van der Waals surface area contributed by atoms with E-state index in [0.29, 0.717) is 18.1 Å². The molecule has 0 aliphatic carbocycles. The number of rotatable bonds is 5. The van der Waals surface area contributed by atoms with E-state index in [2.05, 4.69) is 41.3 Å². The topological polar surface area (TPSA) is 54.7 Å². The van der Waals surface area contributed by atoms with Crippen LogP contribution in [0, 0.1) is 6.92 Å². The van der Waals surface area contributed by atoms with Gasteiger partial charge in [0.05, 0.1) is 11.8 Å². The van der Waals surface area contributed by atoms with Crippen LogP contribution in [-0.2, 0) is 4.74 Å². The predicted octanol–water partition coefficient (Wildman–Crippen LogP) is 3.22. The molecule has 1 unspecified atom stereocenters. The molecule has 26 heavy (non-hydrogen) atoms. The Morgan fingerprint density at radius 1 is 1.23 bits per heavy atom. The van der Waals surface area contributed by atoms with E-state index in [-0.39, 0.29) is 0 Å². The van der Waals surface area contributed by atoms with E-state index >= 15 is 0 Å². The van der Waals surface area contributed by atoms with Crippen LogP contribution in [0.15, 0.2) is 12.1 Å². The van der Waals surface area contributed by atoms with Gasteiger partial charge in [0.25, 0.3) is 0 Å². The fourth-order valence-electron chi connectivity index (χ4n) is 4.05. The highest BCUT2D eigenvalue weighted by atomic mass is 16.5. The van der Waals surface area contributed by atoms with Crippen molar-refractivity contribution < 1.29 is 4.74 Å². The number of hydrogen-bond donors (Lipinski definition) is 1. The van der Waals surface area contributed by atoms with Gasteiger partial charge in [0.15, 0.2) is 5.65 Å². The molecular formula is C20H31N5O. The Bertz CT molecular complexity index is 742. The molecule has 4 heterocycles. The maximum absolute atomic E-state index is 5.79. The molecule has 2 saturated heterocycles. The molecule has 2 aromatic rings. The Labute approximate surface area is 155 Å². The number of piperidine rings is 1. The van der Waals surface area contributed by atoms with Crippen molar-refractivity contribution in [1.82, 2.24) is 19.5 Å². The number of aromatic nitrogens is 3. The fourth-order valence-corrected chi connectivity index (χ4v) is 4.05. The number of ether oxygens (including phenoxy) is 1. The molecule has 0 aromatic carbocycles. The lowest BCUT2D eigenvalue weighted by atomic mass is 10.0. The summed E-state index contributed by atoms with van der Waals surface area (Å²) in [7, 11) is 0. The van der Waals surface area contributed by atoms with Gasteiger partial charge in [0, 0.05) is 50.1 Å². The average molecular weight is 358 g/mol. The third kappa shape index (κ3) is 3.86. The van der Waals surface area contributed by atoms with Crippen molar-refractivity contribution in [3.05, 3.63) is 23.5 Å². The summed E-state index contributed by atoms with van der Waals surface area (Å²) in [5.41, 5.74) is 3.07. The quantitative estimate of drug-likeness (QED) is 0.890. The van der Waals surface area contributed by atoms with Crippen molar-refractivity contribution in [2.24, 2.45) is 0 Å². The summed E-state index contributed by atoms with van der Waals surface area (Å²) in [5, 5.41) is 8.38. The van der Waals surface area contributed by atoms with E-state index in [1.807, 2.05) is 11.4 Å². The molecule has 142 valence electrons. The number of anilines is 1. The van der Waals surface area contributed by atoms with Gasteiger partial charge in [-0.25, -0.2) is 4.98 Å². The summed E-state index contributed by atoms with van der Waals surface area (Å²) >= 11 is 0. The molecule has 6 heteroatoms. The van der Waals surface area contributed by atoms with Crippen LogP contribution in [0.2, 0.25) is 0 Å². The summed E-state index contributed by atoms with van der Waals surface area (Å²) < 4.78 is 7.75. The first-order chi connectivity index (χ1) is 12.6. The lowest BCUT2D eigenvalue weighted by molar-refractivity contribution is 0.0654. The summed E-state index contributed by atoms with van der Waals surface area (Å²) in [6.07, 6.45) is 5.23. The van der Waals surface area contributed by atoms with Crippen molar-refractivity contribution >= 4 is 11.5 Å². The van der Waals surface area contributed by atoms with Gasteiger partial charge in [0.1, 0.15) is 5.82 Å². The van der Waals surface area contributed by atoms with Crippen LogP contribution in [0.3, 0.4) is 0 Å². The molecule has 1 N–H and O–H groups in total. The third-order valence-electron chi connectivity index (χ3n) is 5.59. The lowest BCUT2D eigenvalue weighted by Gasteiger charge is -2.34. The van der Waals surface area contributed by atoms with Crippen LogP contribution in [-0.4, -0.2) is 57.9 Å². The molecule has 4 rings (SSSR count). The van der Waals surface area contributed by atoms with E-state index in [1.165, 1.54) is 12.8 Å². The van der Waals surface area contributed by atoms with Gasteiger partial charge in [-0.1, -0.05) is 13.8 Å². The van der Waals surface area contributed by atoms with Crippen molar-refractivity contribution in [3.8, 4) is 0 Å². The standard InChI is InChI=1S/C20H31N5O/c1-14(2)18-12-20(25-19(22-18)11-15(3)23-25)21-16-6-8-24(9-7-16)13-17-5-4-10-26-17/h11-12,14,16-17,21H,4-10,13H2,1-3H3. The Morgan fingerprint density at radius 2 is 2.04 bits per heavy atom. The van der Waals surface area contributed by atoms with Crippen LogP contribution >= 0.6 is 0 Å². The number of nitrogens with one attached hydrogen (secondary N) is 1. The number of likely N-dealkylation sites (tertiary alicyclic amines) is 1. The second-order valence-electron chi connectivity index (χ2n) is 8.13. The first-order valence-electron chi connectivity index (χ1n) is 10.1. The zero-order valence-corrected chi connectivity index (χ0v) is 16.2. The van der Waals surface area contributed by atoms with Crippen LogP contribution in [0.25, 0.3) is 5.65 Å². The Balaban J connectivity index is 1.42. The van der Waals surface area contributed by atoms with Crippen molar-refractivity contribution in [3.63, 3.8) is 0 Å². The average Bonchev–Trinajstić information content (AvgIpc) is 3.25. The van der Waals surface area contributed by atoms with Crippen LogP contribution < -0.4 is 5.32 Å². The minimum atomic E-state index is 0.406. The Kier molecular flexibility index (Phi) is 5.14. The molecule has 2 aromatic heterocycles. The Morgan fingerprint density at radius 3 is 2.73 bits per heavy atom. The summed E-state index contributed by atoms with van der Waals surface area (Å²) in [4.78, 5) is 7.32. The van der Waals surface area contributed by atoms with Gasteiger partial charge < -0.3 is 15.0 Å². The number of nitrogens with zero attached hydrogens (tertiary/aromatic N) is 4. The fraction of sp³-hybridized carbons (Fsp3) is 0.700. The Hall–Kier alpha value is -1.66. The van der Waals surface area contributed by atoms with Gasteiger partial charge in [-0.2, -0.15) is 9.61 Å². The van der Waals surface area contributed by atoms with E-state index in [1.54, 1.807) is 0 Å². The SMILES string of the molecule is Cc1cc2nc(C(C)C)cc(NC3CCN(CC4CCCO4)CC3)n2n1. The number of fused-ring (bicyclic) bond motifs is 1. The summed E-state index contributed by atoms with van der Waals surface area (Å²) in [6, 6.07) is 4.72. The second-order valence-corrected chi connectivity index (χ2v) is 8.13. The monoisotopic (exact) mass is 357 g/mol. The molecule has 0 amide bonds. The van der Waals surface area contributed by atoms with Crippen molar-refractivity contribution in [1.29, 1.82) is 0 Å². The molecule has 6 nitrogen and oxygen atoms in total. The molecule has 0 radical (unpaired) electrons. The van der Waals surface area contributed by atoms with Gasteiger partial charge in [-0.15, -0.1) is 0 Å². The molecule has 2 fully saturated rings. The van der Waals surface area contributed by atoms with Crippen molar-refractivity contribution in [2.75, 3.05) is 31.6 Å². The zero-order chi connectivity index (χ0) is 18.1. The van der Waals surface area contributed by atoms with E-state index < -0.39 is 0 Å². The third-order valence-corrected chi connectivity index (χ3v) is 5.59. The van der Waals surface area contributed by atoms with E-state index in [9.17, 15) is 0 Å². The summed E-state index contributed by atoms with van der Waals surface area (Å²) in [6.45, 7) is 10.7. The normalized spacial score (nSPS) is 22.5. The van der Waals surface area contributed by atoms with Gasteiger partial charge in [0.2, 0.25) is 0 Å². The minimum Gasteiger partial charge on any atom is -0.377 e. The first-order valence-corrected chi connectivity index (χ1v) is 10.1. The van der Waals surface area contributed by atoms with Gasteiger partial charge >= 0.3 is 0 Å². The highest BCUT2D eigenvalue weighted by Crippen LogP contribution is 2.23.